The molecule has 0 aliphatic rings. The van der Waals surface area contributed by atoms with Crippen molar-refractivity contribution in [3.05, 3.63) is 46.5 Å². The number of hydrogen-bond donors (Lipinski definition) is 1. The lowest BCUT2D eigenvalue weighted by Crippen LogP contribution is -2.24. The molecule has 0 bridgehead atoms. The summed E-state index contributed by atoms with van der Waals surface area (Å²) in [7, 11) is 3.16. The Morgan fingerprint density at radius 2 is 2.12 bits per heavy atom. The molecule has 25 heavy (non-hydrogen) atoms. The number of aromatic nitrogens is 2. The highest BCUT2D eigenvalue weighted by Crippen LogP contribution is 2.24. The molecule has 8 heteroatoms. The van der Waals surface area contributed by atoms with E-state index in [1.807, 2.05) is 29.0 Å². The molecular formula is C17H17N3O4S. The molecule has 2 aromatic heterocycles. The molecule has 0 saturated carbocycles. The Morgan fingerprint density at radius 3 is 2.84 bits per heavy atom. The monoisotopic (exact) mass is 359 g/mol. The molecule has 1 N–H and O–H groups in total. The molecule has 7 nitrogen and oxygen atoms in total. The van der Waals surface area contributed by atoms with Crippen LogP contribution in [-0.2, 0) is 17.8 Å². The molecule has 0 spiro atoms. The maximum absolute atomic E-state index is 12.1. The van der Waals surface area contributed by atoms with E-state index in [9.17, 15) is 4.79 Å². The number of hydrogen-bond acceptors (Lipinski definition) is 7. The van der Waals surface area contributed by atoms with Crippen molar-refractivity contribution in [2.75, 3.05) is 14.2 Å². The van der Waals surface area contributed by atoms with E-state index in [0.29, 0.717) is 23.9 Å². The van der Waals surface area contributed by atoms with Crippen molar-refractivity contribution < 1.29 is 18.7 Å². The number of carbonyl (C=O) groups is 1. The van der Waals surface area contributed by atoms with Gasteiger partial charge in [0, 0.05) is 29.1 Å². The predicted octanol–water partition coefficient (Wildman–Crippen LogP) is 2.67. The van der Waals surface area contributed by atoms with Gasteiger partial charge in [-0.1, -0.05) is 0 Å². The van der Waals surface area contributed by atoms with Gasteiger partial charge in [-0.25, -0.2) is 0 Å². The smallest absolute Gasteiger partial charge is 0.248 e. The number of methoxy groups -OCH3 is 2. The summed E-state index contributed by atoms with van der Waals surface area (Å²) in [6.07, 6.45) is 0.0234. The van der Waals surface area contributed by atoms with Crippen LogP contribution < -0.4 is 14.8 Å². The van der Waals surface area contributed by atoms with Gasteiger partial charge in [0.15, 0.2) is 0 Å². The maximum atomic E-state index is 12.1. The van der Waals surface area contributed by atoms with Crippen molar-refractivity contribution in [3.63, 3.8) is 0 Å². The minimum absolute atomic E-state index is 0.0234. The van der Waals surface area contributed by atoms with E-state index in [0.717, 1.165) is 11.1 Å². The van der Waals surface area contributed by atoms with E-state index >= 15 is 0 Å². The first kappa shape index (κ1) is 17.0. The van der Waals surface area contributed by atoms with Crippen LogP contribution in [0.3, 0.4) is 0 Å². The van der Waals surface area contributed by atoms with Crippen molar-refractivity contribution in [1.82, 2.24) is 15.5 Å². The number of nitrogens with one attached hydrogen (secondary N) is 1. The van der Waals surface area contributed by atoms with Gasteiger partial charge in [0.2, 0.25) is 17.7 Å². The van der Waals surface area contributed by atoms with Crippen LogP contribution in [0.25, 0.3) is 11.5 Å². The van der Waals surface area contributed by atoms with E-state index in [-0.39, 0.29) is 18.2 Å². The second-order valence-corrected chi connectivity index (χ2v) is 5.92. The van der Waals surface area contributed by atoms with Crippen LogP contribution in [0.4, 0.5) is 0 Å². The van der Waals surface area contributed by atoms with Crippen LogP contribution in [-0.4, -0.2) is 30.3 Å². The second-order valence-electron chi connectivity index (χ2n) is 5.14. The van der Waals surface area contributed by atoms with Gasteiger partial charge in [-0.2, -0.15) is 11.3 Å². The summed E-state index contributed by atoms with van der Waals surface area (Å²) in [4.78, 5) is 12.1. The predicted molar refractivity (Wildman–Crippen MR) is 92.7 cm³/mol. The molecule has 0 radical (unpaired) electrons. The van der Waals surface area contributed by atoms with Gasteiger partial charge in [-0.05, 0) is 23.6 Å². The highest BCUT2D eigenvalue weighted by molar-refractivity contribution is 7.08. The summed E-state index contributed by atoms with van der Waals surface area (Å²) in [5, 5.41) is 14.5. The van der Waals surface area contributed by atoms with E-state index in [2.05, 4.69) is 15.5 Å². The minimum Gasteiger partial charge on any atom is -0.497 e. The Bertz CT molecular complexity index is 845. The molecule has 0 unspecified atom stereocenters. The molecule has 0 aliphatic heterocycles. The maximum Gasteiger partial charge on any atom is 0.248 e. The average Bonchev–Trinajstić information content (AvgIpc) is 3.31. The molecule has 3 rings (SSSR count). The number of carbonyl (C=O) groups excluding carboxylic acids is 1. The van der Waals surface area contributed by atoms with Crippen LogP contribution in [0.2, 0.25) is 0 Å². The van der Waals surface area contributed by atoms with Gasteiger partial charge in [0.25, 0.3) is 0 Å². The summed E-state index contributed by atoms with van der Waals surface area (Å²) in [6, 6.07) is 7.32. The zero-order chi connectivity index (χ0) is 17.6. The van der Waals surface area contributed by atoms with Crippen LogP contribution >= 0.6 is 11.3 Å². The average molecular weight is 359 g/mol. The van der Waals surface area contributed by atoms with E-state index in [1.165, 1.54) is 0 Å². The number of benzene rings is 1. The van der Waals surface area contributed by atoms with Crippen molar-refractivity contribution in [3.8, 4) is 23.0 Å². The SMILES string of the molecule is COc1ccc(CNC(=O)Cc2nnc(-c3ccsc3)o2)c(OC)c1. The van der Waals surface area contributed by atoms with Gasteiger partial charge in [0.05, 0.1) is 14.2 Å². The first-order chi connectivity index (χ1) is 12.2. The highest BCUT2D eigenvalue weighted by Gasteiger charge is 2.13. The van der Waals surface area contributed by atoms with Crippen LogP contribution in [0, 0.1) is 0 Å². The zero-order valence-corrected chi connectivity index (χ0v) is 14.6. The lowest BCUT2D eigenvalue weighted by atomic mass is 10.2. The summed E-state index contributed by atoms with van der Waals surface area (Å²) in [6.45, 7) is 0.331. The molecule has 0 atom stereocenters. The molecular weight excluding hydrogens is 342 g/mol. The minimum atomic E-state index is -0.210. The number of ether oxygens (including phenoxy) is 2. The Hall–Kier alpha value is -2.87. The zero-order valence-electron chi connectivity index (χ0n) is 13.8. The van der Waals surface area contributed by atoms with Gasteiger partial charge in [-0.15, -0.1) is 10.2 Å². The molecule has 0 fully saturated rings. The topological polar surface area (TPSA) is 86.5 Å². The molecule has 3 aromatic rings. The Balaban J connectivity index is 1.58. The normalized spacial score (nSPS) is 10.5. The highest BCUT2D eigenvalue weighted by atomic mass is 32.1. The van der Waals surface area contributed by atoms with Crippen LogP contribution in [0.1, 0.15) is 11.5 Å². The Kier molecular flexibility index (Phi) is 5.30. The van der Waals surface area contributed by atoms with Crippen molar-refractivity contribution in [2.45, 2.75) is 13.0 Å². The van der Waals surface area contributed by atoms with Gasteiger partial charge in [-0.3, -0.25) is 4.79 Å². The lowest BCUT2D eigenvalue weighted by molar-refractivity contribution is -0.120. The number of thiophene rings is 1. The fraction of sp³-hybridized carbons (Fsp3) is 0.235. The van der Waals surface area contributed by atoms with Gasteiger partial charge < -0.3 is 19.2 Å². The molecule has 0 saturated heterocycles. The first-order valence-electron chi connectivity index (χ1n) is 7.52. The molecule has 0 aliphatic carbocycles. The van der Waals surface area contributed by atoms with E-state index in [4.69, 9.17) is 13.9 Å². The third-order valence-corrected chi connectivity index (χ3v) is 4.20. The van der Waals surface area contributed by atoms with E-state index in [1.54, 1.807) is 31.6 Å². The van der Waals surface area contributed by atoms with Gasteiger partial charge in [0.1, 0.15) is 17.9 Å². The summed E-state index contributed by atoms with van der Waals surface area (Å²) in [5.74, 6) is 1.83. The van der Waals surface area contributed by atoms with Crippen molar-refractivity contribution in [1.29, 1.82) is 0 Å². The molecule has 130 valence electrons. The Morgan fingerprint density at radius 1 is 1.24 bits per heavy atom. The van der Waals surface area contributed by atoms with E-state index < -0.39 is 0 Å². The summed E-state index contributed by atoms with van der Waals surface area (Å²) < 4.78 is 16.0. The molecule has 1 amide bonds. The summed E-state index contributed by atoms with van der Waals surface area (Å²) >= 11 is 1.54. The number of nitrogens with zero attached hydrogens (tertiary/aromatic N) is 2. The quantitative estimate of drug-likeness (QED) is 0.698. The molecule has 2 heterocycles. The lowest BCUT2D eigenvalue weighted by Gasteiger charge is -2.11. The van der Waals surface area contributed by atoms with Crippen LogP contribution in [0.15, 0.2) is 39.4 Å². The largest absolute Gasteiger partial charge is 0.497 e. The van der Waals surface area contributed by atoms with Gasteiger partial charge >= 0.3 is 0 Å². The summed E-state index contributed by atoms with van der Waals surface area (Å²) in [5.41, 5.74) is 1.70. The van der Waals surface area contributed by atoms with Crippen molar-refractivity contribution >= 4 is 17.2 Å². The Labute approximate surface area is 148 Å². The fourth-order valence-electron chi connectivity index (χ4n) is 2.22. The number of amides is 1. The fourth-order valence-corrected chi connectivity index (χ4v) is 2.85. The third-order valence-electron chi connectivity index (χ3n) is 3.52. The standard InChI is InChI=1S/C17H17N3O4S/c1-22-13-4-3-11(14(7-13)23-2)9-18-15(21)8-16-19-20-17(24-16)12-5-6-25-10-12/h3-7,10H,8-9H2,1-2H3,(H,18,21). The van der Waals surface area contributed by atoms with Crippen LogP contribution in [0.5, 0.6) is 11.5 Å². The second kappa shape index (κ2) is 7.80. The number of rotatable bonds is 7. The molecule has 1 aromatic carbocycles. The van der Waals surface area contributed by atoms with Crippen molar-refractivity contribution in [2.24, 2.45) is 0 Å². The first-order valence-corrected chi connectivity index (χ1v) is 8.46. The third kappa shape index (κ3) is 4.16.